The van der Waals surface area contributed by atoms with Crippen LogP contribution in [-0.2, 0) is 17.4 Å². The van der Waals surface area contributed by atoms with E-state index in [9.17, 15) is 10.2 Å². The van der Waals surface area contributed by atoms with Gasteiger partial charge in [-0.25, -0.2) is 0 Å². The van der Waals surface area contributed by atoms with E-state index in [1.807, 2.05) is 12.1 Å². The maximum absolute atomic E-state index is 11.2. The first-order valence-electron chi connectivity index (χ1n) is 9.46. The van der Waals surface area contributed by atoms with E-state index in [0.29, 0.717) is 5.75 Å². The lowest BCUT2D eigenvalue weighted by molar-refractivity contribution is 0.263. The van der Waals surface area contributed by atoms with Crippen molar-refractivity contribution in [3.63, 3.8) is 0 Å². The van der Waals surface area contributed by atoms with Crippen molar-refractivity contribution in [3.05, 3.63) is 28.8 Å². The van der Waals surface area contributed by atoms with Crippen molar-refractivity contribution >= 4 is 0 Å². The highest BCUT2D eigenvalue weighted by atomic mass is 16.3. The molecular weight excluding hydrogens is 308 g/mol. The highest BCUT2D eigenvalue weighted by Gasteiger charge is 2.35. The number of benzene rings is 1. The van der Waals surface area contributed by atoms with Crippen LogP contribution in [0.3, 0.4) is 0 Å². The molecule has 0 amide bonds. The van der Waals surface area contributed by atoms with Crippen LogP contribution in [-0.4, -0.2) is 10.2 Å². The van der Waals surface area contributed by atoms with Gasteiger partial charge in [-0.3, -0.25) is 0 Å². The topological polar surface area (TPSA) is 40.5 Å². The normalized spacial score (nSPS) is 14.0. The zero-order chi connectivity index (χ0) is 19.8. The first kappa shape index (κ1) is 22.0. The third-order valence-corrected chi connectivity index (χ3v) is 4.76. The van der Waals surface area contributed by atoms with E-state index in [1.54, 1.807) is 0 Å². The van der Waals surface area contributed by atoms with E-state index >= 15 is 0 Å². The van der Waals surface area contributed by atoms with E-state index in [-0.39, 0.29) is 28.3 Å². The van der Waals surface area contributed by atoms with Gasteiger partial charge in [0.05, 0.1) is 6.61 Å². The van der Waals surface area contributed by atoms with Crippen molar-refractivity contribution in [2.45, 2.75) is 99.5 Å². The summed E-state index contributed by atoms with van der Waals surface area (Å²) in [7, 11) is 0. The maximum atomic E-state index is 11.2. The summed E-state index contributed by atoms with van der Waals surface area (Å²) in [6.45, 7) is 22.1. The number of phenolic OH excluding ortho intramolecular Hbond substituents is 1. The first-order valence-corrected chi connectivity index (χ1v) is 9.46. The molecule has 0 spiro atoms. The van der Waals surface area contributed by atoms with Crippen LogP contribution >= 0.6 is 0 Å². The molecule has 1 aromatic rings. The third kappa shape index (κ3) is 6.02. The zero-order valence-corrected chi connectivity index (χ0v) is 18.2. The highest BCUT2D eigenvalue weighted by Crippen LogP contribution is 2.46. The predicted molar refractivity (Wildman–Crippen MR) is 108 cm³/mol. The van der Waals surface area contributed by atoms with Gasteiger partial charge in [0.15, 0.2) is 0 Å². The predicted octanol–water partition coefficient (Wildman–Crippen LogP) is 6.31. The Bertz CT molecular complexity index is 546. The van der Waals surface area contributed by atoms with Crippen LogP contribution in [0.5, 0.6) is 5.75 Å². The largest absolute Gasteiger partial charge is 0.507 e. The van der Waals surface area contributed by atoms with Gasteiger partial charge in [0.1, 0.15) is 5.75 Å². The minimum atomic E-state index is -0.167. The summed E-state index contributed by atoms with van der Waals surface area (Å²) in [6.07, 6.45) is 1.92. The molecule has 0 aliphatic rings. The van der Waals surface area contributed by atoms with Crippen molar-refractivity contribution in [2.24, 2.45) is 10.8 Å². The van der Waals surface area contributed by atoms with E-state index in [0.717, 1.165) is 29.5 Å². The monoisotopic (exact) mass is 348 g/mol. The molecule has 2 nitrogen and oxygen atoms in total. The molecule has 0 unspecified atom stereocenters. The smallest absolute Gasteiger partial charge is 0.123 e. The molecule has 2 N–H and O–H groups in total. The Hall–Kier alpha value is -1.02. The third-order valence-electron chi connectivity index (χ3n) is 4.76. The Morgan fingerprint density at radius 2 is 1.00 bits per heavy atom. The summed E-state index contributed by atoms with van der Waals surface area (Å²) in [6, 6.07) is 3.97. The molecule has 144 valence electrons. The number of hydrogen-bond donors (Lipinski definition) is 2. The average molecular weight is 349 g/mol. The Morgan fingerprint density at radius 1 is 0.680 bits per heavy atom. The van der Waals surface area contributed by atoms with Gasteiger partial charge < -0.3 is 10.2 Å². The number of aromatic hydroxyl groups is 1. The quantitative estimate of drug-likeness (QED) is 0.654. The number of rotatable bonds is 5. The minimum Gasteiger partial charge on any atom is -0.507 e. The molecule has 0 fully saturated rings. The molecular formula is C23H40O2. The fraction of sp³-hybridized carbons (Fsp3) is 0.739. The number of phenols is 1. The summed E-state index contributed by atoms with van der Waals surface area (Å²) >= 11 is 0. The van der Waals surface area contributed by atoms with Gasteiger partial charge in [0.2, 0.25) is 0 Å². The van der Waals surface area contributed by atoms with Crippen molar-refractivity contribution < 1.29 is 10.2 Å². The van der Waals surface area contributed by atoms with Crippen LogP contribution in [0.2, 0.25) is 0 Å². The minimum absolute atomic E-state index is 0.00250. The Balaban J connectivity index is 3.53. The molecule has 1 rings (SSSR count). The number of aliphatic hydroxyl groups excluding tert-OH is 1. The average Bonchev–Trinajstić information content (AvgIpc) is 2.32. The molecule has 0 saturated heterocycles. The standard InChI is InChI=1S/C23H40O2/c1-20(2,3)14-22(7,8)17-11-16(13-24)12-18(19(17)25)23(9,10)15-21(4,5)6/h11-12,24-25H,13-15H2,1-10H3. The lowest BCUT2D eigenvalue weighted by Crippen LogP contribution is -2.28. The molecule has 0 aromatic heterocycles. The Morgan fingerprint density at radius 3 is 1.24 bits per heavy atom. The van der Waals surface area contributed by atoms with Crippen LogP contribution in [0.1, 0.15) is 98.8 Å². The molecule has 0 saturated carbocycles. The van der Waals surface area contributed by atoms with Gasteiger partial charge in [-0.2, -0.15) is 0 Å². The van der Waals surface area contributed by atoms with Crippen molar-refractivity contribution in [2.75, 3.05) is 0 Å². The summed E-state index contributed by atoms with van der Waals surface area (Å²) < 4.78 is 0. The van der Waals surface area contributed by atoms with Crippen LogP contribution in [0.15, 0.2) is 12.1 Å². The van der Waals surface area contributed by atoms with Crippen LogP contribution in [0.4, 0.5) is 0 Å². The molecule has 0 bridgehead atoms. The van der Waals surface area contributed by atoms with E-state index < -0.39 is 0 Å². The second-order valence-corrected chi connectivity index (χ2v) is 11.4. The molecule has 25 heavy (non-hydrogen) atoms. The second-order valence-electron chi connectivity index (χ2n) is 11.4. The lowest BCUT2D eigenvalue weighted by atomic mass is 9.68. The molecule has 0 radical (unpaired) electrons. The van der Waals surface area contributed by atoms with Crippen molar-refractivity contribution in [1.82, 2.24) is 0 Å². The van der Waals surface area contributed by atoms with E-state index in [2.05, 4.69) is 69.2 Å². The van der Waals surface area contributed by atoms with Crippen LogP contribution < -0.4 is 0 Å². The molecule has 0 aliphatic heterocycles. The molecule has 0 atom stereocenters. The lowest BCUT2D eigenvalue weighted by Gasteiger charge is -2.37. The van der Waals surface area contributed by atoms with Crippen LogP contribution in [0.25, 0.3) is 0 Å². The molecule has 0 heterocycles. The highest BCUT2D eigenvalue weighted by molar-refractivity contribution is 5.50. The second kappa shape index (κ2) is 6.95. The van der Waals surface area contributed by atoms with E-state index in [1.165, 1.54) is 0 Å². The Labute approximate surface area is 155 Å². The van der Waals surface area contributed by atoms with Crippen molar-refractivity contribution in [3.8, 4) is 5.75 Å². The molecule has 0 aliphatic carbocycles. The van der Waals surface area contributed by atoms with Gasteiger partial charge in [0.25, 0.3) is 0 Å². The van der Waals surface area contributed by atoms with Crippen LogP contribution in [0, 0.1) is 10.8 Å². The fourth-order valence-corrected chi connectivity index (χ4v) is 4.66. The fourth-order valence-electron chi connectivity index (χ4n) is 4.66. The maximum Gasteiger partial charge on any atom is 0.123 e. The SMILES string of the molecule is CC(C)(C)CC(C)(C)c1cc(CO)cc(C(C)(C)CC(C)(C)C)c1O. The number of aliphatic hydroxyl groups is 1. The van der Waals surface area contributed by atoms with Gasteiger partial charge in [-0.15, -0.1) is 0 Å². The van der Waals surface area contributed by atoms with Gasteiger partial charge >= 0.3 is 0 Å². The first-order chi connectivity index (χ1) is 11.0. The zero-order valence-electron chi connectivity index (χ0n) is 18.2. The van der Waals surface area contributed by atoms with Gasteiger partial charge in [0, 0.05) is 11.1 Å². The summed E-state index contributed by atoms with van der Waals surface area (Å²) in [5.41, 5.74) is 2.77. The summed E-state index contributed by atoms with van der Waals surface area (Å²) in [4.78, 5) is 0. The van der Waals surface area contributed by atoms with E-state index in [4.69, 9.17) is 0 Å². The van der Waals surface area contributed by atoms with Gasteiger partial charge in [-0.1, -0.05) is 69.2 Å². The molecule has 1 aromatic carbocycles. The van der Waals surface area contributed by atoms with Crippen molar-refractivity contribution in [1.29, 1.82) is 0 Å². The number of hydrogen-bond acceptors (Lipinski definition) is 2. The summed E-state index contributed by atoms with van der Waals surface area (Å²) in [5.74, 6) is 0.403. The van der Waals surface area contributed by atoms with Gasteiger partial charge in [-0.05, 0) is 52.2 Å². The Kier molecular flexibility index (Phi) is 6.12. The summed E-state index contributed by atoms with van der Waals surface area (Å²) in [5, 5.41) is 21.0. The molecule has 2 heteroatoms.